The Labute approximate surface area is 197 Å². The topological polar surface area (TPSA) is 133 Å². The summed E-state index contributed by atoms with van der Waals surface area (Å²) in [5, 5.41) is 18.2. The summed E-state index contributed by atoms with van der Waals surface area (Å²) in [6, 6.07) is 2.58. The van der Waals surface area contributed by atoms with E-state index in [0.29, 0.717) is 28.5 Å². The molecule has 0 saturated heterocycles. The highest BCUT2D eigenvalue weighted by molar-refractivity contribution is 6.32. The highest BCUT2D eigenvalue weighted by Gasteiger charge is 2.27. The van der Waals surface area contributed by atoms with Gasteiger partial charge in [0.25, 0.3) is 0 Å². The number of carbonyl (C=O) groups excluding carboxylic acids is 1. The van der Waals surface area contributed by atoms with E-state index in [4.69, 9.17) is 32.7 Å². The third kappa shape index (κ3) is 4.73. The fraction of sp³-hybridized carbons (Fsp3) is 0.263. The average Bonchev–Trinajstić information content (AvgIpc) is 3.44. The fourth-order valence-corrected chi connectivity index (χ4v) is 3.61. The van der Waals surface area contributed by atoms with Crippen molar-refractivity contribution < 1.29 is 14.3 Å². The van der Waals surface area contributed by atoms with Gasteiger partial charge in [-0.1, -0.05) is 23.2 Å². The second-order valence-electron chi connectivity index (χ2n) is 6.82. The second kappa shape index (κ2) is 9.67. The molecule has 0 fully saturated rings. The number of nitrogens with one attached hydrogen (secondary N) is 2. The van der Waals surface area contributed by atoms with Gasteiger partial charge in [-0.15, -0.1) is 4.80 Å². The first kappa shape index (κ1) is 22.9. The van der Waals surface area contributed by atoms with Gasteiger partial charge >= 0.3 is 6.03 Å². The lowest BCUT2D eigenvalue weighted by Gasteiger charge is -2.24. The number of hydrogen-bond donors (Lipinski definition) is 2. The zero-order valence-electron chi connectivity index (χ0n) is 17.7. The first-order valence-corrected chi connectivity index (χ1v) is 10.4. The maximum absolute atomic E-state index is 12.8. The van der Waals surface area contributed by atoms with Crippen molar-refractivity contribution in [3.05, 3.63) is 52.8 Å². The van der Waals surface area contributed by atoms with Gasteiger partial charge in [0.2, 0.25) is 0 Å². The first-order chi connectivity index (χ1) is 15.9. The highest BCUT2D eigenvalue weighted by Crippen LogP contribution is 2.30. The van der Waals surface area contributed by atoms with Gasteiger partial charge in [0, 0.05) is 20.3 Å². The minimum absolute atomic E-state index is 0.248. The molecule has 33 heavy (non-hydrogen) atoms. The third-order valence-corrected chi connectivity index (χ3v) is 5.21. The number of methoxy groups -OCH3 is 2. The summed E-state index contributed by atoms with van der Waals surface area (Å²) in [5.41, 5.74) is 1.71. The fourth-order valence-electron chi connectivity index (χ4n) is 3.20. The molecule has 0 aliphatic rings. The molecule has 0 radical (unpaired) electrons. The standard InChI is InChI=1S/C19H19Cl2N9O3/c1-10(32-2)17(33-3)16-13(9-22-15-7-14(21)28-29(15)16)27-19(31)26-11-6-12(20)18(23-8-11)30-24-4-5-25-30/h4-10,17H,1-3H3,(H2,26,27,31). The number of urea groups is 1. The van der Waals surface area contributed by atoms with Crippen LogP contribution >= 0.6 is 23.2 Å². The minimum Gasteiger partial charge on any atom is -0.379 e. The van der Waals surface area contributed by atoms with Gasteiger partial charge in [-0.05, 0) is 13.0 Å². The number of rotatable bonds is 7. The molecule has 4 aromatic rings. The summed E-state index contributed by atoms with van der Waals surface area (Å²) < 4.78 is 12.6. The number of nitrogens with zero attached hydrogens (tertiary/aromatic N) is 7. The van der Waals surface area contributed by atoms with Crippen molar-refractivity contribution in [3.8, 4) is 5.82 Å². The van der Waals surface area contributed by atoms with E-state index in [-0.39, 0.29) is 16.3 Å². The van der Waals surface area contributed by atoms with E-state index in [1.165, 1.54) is 47.3 Å². The number of amides is 2. The van der Waals surface area contributed by atoms with Crippen molar-refractivity contribution in [3.63, 3.8) is 0 Å². The lowest BCUT2D eigenvalue weighted by molar-refractivity contribution is -0.0305. The Bertz CT molecular complexity index is 1280. The number of anilines is 2. The lowest BCUT2D eigenvalue weighted by Crippen LogP contribution is -2.26. The number of halogens is 2. The predicted molar refractivity (Wildman–Crippen MR) is 121 cm³/mol. The van der Waals surface area contributed by atoms with Crippen LogP contribution in [0.15, 0.2) is 36.9 Å². The van der Waals surface area contributed by atoms with Crippen LogP contribution in [-0.2, 0) is 9.47 Å². The van der Waals surface area contributed by atoms with Gasteiger partial charge in [0.15, 0.2) is 16.6 Å². The average molecular weight is 492 g/mol. The normalized spacial score (nSPS) is 13.1. The maximum Gasteiger partial charge on any atom is 0.323 e. The van der Waals surface area contributed by atoms with Crippen molar-refractivity contribution in [2.45, 2.75) is 19.1 Å². The molecule has 4 rings (SSSR count). The maximum atomic E-state index is 12.8. The van der Waals surface area contributed by atoms with Crippen LogP contribution in [0.25, 0.3) is 11.5 Å². The lowest BCUT2D eigenvalue weighted by atomic mass is 10.1. The number of aromatic nitrogens is 7. The molecular formula is C19H19Cl2N9O3. The van der Waals surface area contributed by atoms with E-state index in [9.17, 15) is 4.79 Å². The number of fused-ring (bicyclic) bond motifs is 1. The summed E-state index contributed by atoms with van der Waals surface area (Å²) >= 11 is 12.3. The van der Waals surface area contributed by atoms with E-state index in [1.807, 2.05) is 6.92 Å². The molecule has 0 bridgehead atoms. The number of ether oxygens (including phenoxy) is 2. The Morgan fingerprint density at radius 3 is 2.48 bits per heavy atom. The second-order valence-corrected chi connectivity index (χ2v) is 7.61. The molecule has 0 aromatic carbocycles. The molecule has 14 heteroatoms. The molecule has 0 aliphatic heterocycles. The third-order valence-electron chi connectivity index (χ3n) is 4.75. The summed E-state index contributed by atoms with van der Waals surface area (Å²) in [7, 11) is 3.09. The van der Waals surface area contributed by atoms with Crippen LogP contribution in [0.4, 0.5) is 16.2 Å². The Kier molecular flexibility index (Phi) is 6.70. The van der Waals surface area contributed by atoms with Crippen molar-refractivity contribution in [2.75, 3.05) is 24.9 Å². The van der Waals surface area contributed by atoms with E-state index in [0.717, 1.165) is 0 Å². The molecule has 4 aromatic heterocycles. The predicted octanol–water partition coefficient (Wildman–Crippen LogP) is 3.38. The molecule has 2 N–H and O–H groups in total. The van der Waals surface area contributed by atoms with Crippen molar-refractivity contribution in [1.82, 2.24) is 34.6 Å². The molecule has 2 unspecified atom stereocenters. The Morgan fingerprint density at radius 2 is 1.82 bits per heavy atom. The van der Waals surface area contributed by atoms with E-state index >= 15 is 0 Å². The van der Waals surface area contributed by atoms with Crippen molar-refractivity contribution in [1.29, 1.82) is 0 Å². The quantitative estimate of drug-likeness (QED) is 0.401. The SMILES string of the molecule is COC(C)C(OC)c1c(NC(=O)Nc2cnc(-n3nccn3)c(Cl)c2)cnc2cc(Cl)nn12. The summed E-state index contributed by atoms with van der Waals surface area (Å²) in [6.45, 7) is 1.83. The van der Waals surface area contributed by atoms with Crippen LogP contribution in [0.1, 0.15) is 18.7 Å². The Balaban J connectivity index is 1.61. The van der Waals surface area contributed by atoms with Gasteiger partial charge in [-0.3, -0.25) is 0 Å². The van der Waals surface area contributed by atoms with E-state index in [2.05, 4.69) is 35.9 Å². The van der Waals surface area contributed by atoms with Crippen LogP contribution in [0.3, 0.4) is 0 Å². The van der Waals surface area contributed by atoms with Crippen molar-refractivity contribution in [2.24, 2.45) is 0 Å². The molecule has 12 nitrogen and oxygen atoms in total. The number of hydrogen-bond acceptors (Lipinski definition) is 8. The monoisotopic (exact) mass is 491 g/mol. The van der Waals surface area contributed by atoms with Crippen LogP contribution in [0.5, 0.6) is 0 Å². The van der Waals surface area contributed by atoms with E-state index in [1.54, 1.807) is 13.2 Å². The largest absolute Gasteiger partial charge is 0.379 e. The van der Waals surface area contributed by atoms with Crippen LogP contribution in [-0.4, -0.2) is 60.9 Å². The summed E-state index contributed by atoms with van der Waals surface area (Å²) in [4.78, 5) is 22.6. The molecule has 0 saturated carbocycles. The summed E-state index contributed by atoms with van der Waals surface area (Å²) in [6.07, 6.45) is 5.00. The molecule has 0 aliphatic carbocycles. The summed E-state index contributed by atoms with van der Waals surface area (Å²) in [5.74, 6) is 0.330. The molecule has 172 valence electrons. The van der Waals surface area contributed by atoms with Gasteiger partial charge in [0.1, 0.15) is 11.8 Å². The van der Waals surface area contributed by atoms with Crippen LogP contribution in [0.2, 0.25) is 10.2 Å². The van der Waals surface area contributed by atoms with Gasteiger partial charge < -0.3 is 20.1 Å². The molecule has 0 spiro atoms. The van der Waals surface area contributed by atoms with Crippen LogP contribution in [0, 0.1) is 0 Å². The van der Waals surface area contributed by atoms with Crippen LogP contribution < -0.4 is 10.6 Å². The zero-order chi connectivity index (χ0) is 23.5. The zero-order valence-corrected chi connectivity index (χ0v) is 19.2. The highest BCUT2D eigenvalue weighted by atomic mass is 35.5. The Hall–Kier alpha value is -3.32. The van der Waals surface area contributed by atoms with E-state index < -0.39 is 12.1 Å². The van der Waals surface area contributed by atoms with Gasteiger partial charge in [0.05, 0.1) is 47.3 Å². The molecule has 4 heterocycles. The molecule has 2 atom stereocenters. The minimum atomic E-state index is -0.580. The van der Waals surface area contributed by atoms with Gasteiger partial charge in [-0.2, -0.15) is 15.3 Å². The number of pyridine rings is 1. The smallest absolute Gasteiger partial charge is 0.323 e. The van der Waals surface area contributed by atoms with Crippen molar-refractivity contribution >= 4 is 46.3 Å². The first-order valence-electron chi connectivity index (χ1n) is 9.61. The Morgan fingerprint density at radius 1 is 1.06 bits per heavy atom. The van der Waals surface area contributed by atoms with Gasteiger partial charge in [-0.25, -0.2) is 19.3 Å². The number of carbonyl (C=O) groups is 1. The molecular weight excluding hydrogens is 473 g/mol. The molecule has 2 amide bonds.